The molecule has 0 saturated carbocycles. The maximum absolute atomic E-state index is 13.0. The van der Waals surface area contributed by atoms with Crippen molar-refractivity contribution in [2.45, 2.75) is 27.7 Å². The van der Waals surface area contributed by atoms with E-state index in [9.17, 15) is 9.18 Å². The summed E-state index contributed by atoms with van der Waals surface area (Å²) in [6.07, 6.45) is 0. The molecule has 0 aliphatic carbocycles. The second-order valence-corrected chi connectivity index (χ2v) is 4.70. The number of carbonyl (C=O) groups is 1. The zero-order valence-corrected chi connectivity index (χ0v) is 11.0. The smallest absolute Gasteiger partial charge is 0.254 e. The summed E-state index contributed by atoms with van der Waals surface area (Å²) < 4.78 is 13.0. The fourth-order valence-electron chi connectivity index (χ4n) is 1.83. The molecule has 1 amide bonds. The van der Waals surface area contributed by atoms with E-state index >= 15 is 0 Å². The number of amides is 1. The average Bonchev–Trinajstić information content (AvgIpc) is 2.24. The molecule has 0 unspecified atom stereocenters. The molecule has 1 rings (SSSR count). The highest BCUT2D eigenvalue weighted by atomic mass is 19.1. The monoisotopic (exact) mass is 237 g/mol. The lowest BCUT2D eigenvalue weighted by Crippen LogP contribution is -2.34. The standard InChI is InChI=1S/C14H20FNO/c1-5-16(9-10(2)3)14(17)13-7-6-12(15)8-11(13)4/h6-8,10H,5,9H2,1-4H3. The van der Waals surface area contributed by atoms with Crippen molar-refractivity contribution in [3.8, 4) is 0 Å². The van der Waals surface area contributed by atoms with Crippen molar-refractivity contribution < 1.29 is 9.18 Å². The van der Waals surface area contributed by atoms with Gasteiger partial charge in [0.1, 0.15) is 5.82 Å². The molecule has 0 fully saturated rings. The highest BCUT2D eigenvalue weighted by Gasteiger charge is 2.17. The van der Waals surface area contributed by atoms with E-state index in [0.29, 0.717) is 23.6 Å². The van der Waals surface area contributed by atoms with E-state index in [-0.39, 0.29) is 11.7 Å². The molecule has 0 N–H and O–H groups in total. The first-order chi connectivity index (χ1) is 7.95. The van der Waals surface area contributed by atoms with Crippen molar-refractivity contribution in [2.75, 3.05) is 13.1 Å². The van der Waals surface area contributed by atoms with Gasteiger partial charge < -0.3 is 4.90 Å². The Labute approximate surface area is 102 Å². The fourth-order valence-corrected chi connectivity index (χ4v) is 1.83. The van der Waals surface area contributed by atoms with Gasteiger partial charge in [-0.25, -0.2) is 4.39 Å². The van der Waals surface area contributed by atoms with Crippen LogP contribution in [0.3, 0.4) is 0 Å². The average molecular weight is 237 g/mol. The van der Waals surface area contributed by atoms with Gasteiger partial charge in [-0.1, -0.05) is 13.8 Å². The number of rotatable bonds is 4. The first kappa shape index (κ1) is 13.7. The third-order valence-electron chi connectivity index (χ3n) is 2.67. The van der Waals surface area contributed by atoms with E-state index in [1.54, 1.807) is 17.9 Å². The second kappa shape index (κ2) is 5.80. The molecule has 1 aromatic rings. The lowest BCUT2D eigenvalue weighted by atomic mass is 10.1. The minimum atomic E-state index is -0.300. The molecule has 0 bridgehead atoms. The number of hydrogen-bond donors (Lipinski definition) is 0. The summed E-state index contributed by atoms with van der Waals surface area (Å²) in [7, 11) is 0. The molecule has 3 heteroatoms. The van der Waals surface area contributed by atoms with Gasteiger partial charge in [-0.3, -0.25) is 4.79 Å². The SMILES string of the molecule is CCN(CC(C)C)C(=O)c1ccc(F)cc1C. The van der Waals surface area contributed by atoms with Crippen LogP contribution in [0.5, 0.6) is 0 Å². The van der Waals surface area contributed by atoms with Crippen molar-refractivity contribution in [2.24, 2.45) is 5.92 Å². The Kier molecular flexibility index (Phi) is 4.67. The Hall–Kier alpha value is -1.38. The van der Waals surface area contributed by atoms with Crippen molar-refractivity contribution in [1.29, 1.82) is 0 Å². The second-order valence-electron chi connectivity index (χ2n) is 4.70. The Morgan fingerprint density at radius 3 is 2.53 bits per heavy atom. The number of hydrogen-bond acceptors (Lipinski definition) is 1. The van der Waals surface area contributed by atoms with Crippen molar-refractivity contribution in [3.05, 3.63) is 35.1 Å². The summed E-state index contributed by atoms with van der Waals surface area (Å²) in [5.74, 6) is 0.115. The van der Waals surface area contributed by atoms with Gasteiger partial charge in [0.15, 0.2) is 0 Å². The Bertz CT molecular complexity index is 401. The maximum Gasteiger partial charge on any atom is 0.254 e. The van der Waals surface area contributed by atoms with Gasteiger partial charge in [-0.05, 0) is 43.5 Å². The quantitative estimate of drug-likeness (QED) is 0.787. The van der Waals surface area contributed by atoms with Gasteiger partial charge in [0.2, 0.25) is 0 Å². The molecule has 2 nitrogen and oxygen atoms in total. The first-order valence-corrected chi connectivity index (χ1v) is 6.01. The molecule has 17 heavy (non-hydrogen) atoms. The van der Waals surface area contributed by atoms with Gasteiger partial charge in [-0.2, -0.15) is 0 Å². The first-order valence-electron chi connectivity index (χ1n) is 6.01. The lowest BCUT2D eigenvalue weighted by Gasteiger charge is -2.23. The van der Waals surface area contributed by atoms with Crippen LogP contribution in [0, 0.1) is 18.7 Å². The molecule has 0 spiro atoms. The van der Waals surface area contributed by atoms with Crippen LogP contribution in [0.1, 0.15) is 36.7 Å². The van der Waals surface area contributed by atoms with E-state index in [4.69, 9.17) is 0 Å². The summed E-state index contributed by atoms with van der Waals surface area (Å²) in [4.78, 5) is 14.0. The molecular weight excluding hydrogens is 217 g/mol. The van der Waals surface area contributed by atoms with E-state index in [0.717, 1.165) is 6.54 Å². The number of carbonyl (C=O) groups excluding carboxylic acids is 1. The van der Waals surface area contributed by atoms with Gasteiger partial charge in [0.25, 0.3) is 5.91 Å². The van der Waals surface area contributed by atoms with Crippen LogP contribution in [-0.2, 0) is 0 Å². The van der Waals surface area contributed by atoms with Gasteiger partial charge >= 0.3 is 0 Å². The normalized spacial score (nSPS) is 10.7. The summed E-state index contributed by atoms with van der Waals surface area (Å²) in [6, 6.07) is 4.30. The van der Waals surface area contributed by atoms with E-state index in [1.807, 2.05) is 6.92 Å². The molecule has 0 atom stereocenters. The number of nitrogens with zero attached hydrogens (tertiary/aromatic N) is 1. The third-order valence-corrected chi connectivity index (χ3v) is 2.67. The topological polar surface area (TPSA) is 20.3 Å². The van der Waals surface area contributed by atoms with Gasteiger partial charge in [0, 0.05) is 18.7 Å². The predicted molar refractivity (Wildman–Crippen MR) is 67.6 cm³/mol. The minimum absolute atomic E-state index is 0.0151. The Balaban J connectivity index is 2.93. The van der Waals surface area contributed by atoms with E-state index in [1.165, 1.54) is 12.1 Å². The largest absolute Gasteiger partial charge is 0.339 e. The van der Waals surface area contributed by atoms with Crippen LogP contribution in [0.2, 0.25) is 0 Å². The van der Waals surface area contributed by atoms with Crippen molar-refractivity contribution >= 4 is 5.91 Å². The van der Waals surface area contributed by atoms with Gasteiger partial charge in [-0.15, -0.1) is 0 Å². The molecular formula is C14H20FNO. The molecule has 0 aliphatic rings. The summed E-state index contributed by atoms with van der Waals surface area (Å²) >= 11 is 0. The molecule has 1 aromatic carbocycles. The summed E-state index contributed by atoms with van der Waals surface area (Å²) in [5, 5.41) is 0. The number of aryl methyl sites for hydroxylation is 1. The summed E-state index contributed by atoms with van der Waals surface area (Å²) in [6.45, 7) is 9.28. The Morgan fingerprint density at radius 1 is 1.41 bits per heavy atom. The third kappa shape index (κ3) is 3.55. The minimum Gasteiger partial charge on any atom is -0.339 e. The van der Waals surface area contributed by atoms with Crippen molar-refractivity contribution in [1.82, 2.24) is 4.90 Å². The van der Waals surface area contributed by atoms with Crippen LogP contribution < -0.4 is 0 Å². The number of benzene rings is 1. The lowest BCUT2D eigenvalue weighted by molar-refractivity contribution is 0.0745. The molecule has 0 radical (unpaired) electrons. The molecule has 0 aromatic heterocycles. The molecule has 0 aliphatic heterocycles. The number of halogens is 1. The molecule has 0 heterocycles. The fraction of sp³-hybridized carbons (Fsp3) is 0.500. The molecule has 94 valence electrons. The predicted octanol–water partition coefficient (Wildman–Crippen LogP) is 3.25. The highest BCUT2D eigenvalue weighted by Crippen LogP contribution is 2.13. The zero-order chi connectivity index (χ0) is 13.0. The Morgan fingerprint density at radius 2 is 2.06 bits per heavy atom. The van der Waals surface area contributed by atoms with Crippen LogP contribution in [0.4, 0.5) is 4.39 Å². The van der Waals surface area contributed by atoms with Crippen LogP contribution in [0.15, 0.2) is 18.2 Å². The van der Waals surface area contributed by atoms with Crippen LogP contribution in [0.25, 0.3) is 0 Å². The van der Waals surface area contributed by atoms with E-state index in [2.05, 4.69) is 13.8 Å². The van der Waals surface area contributed by atoms with Crippen molar-refractivity contribution in [3.63, 3.8) is 0 Å². The highest BCUT2D eigenvalue weighted by molar-refractivity contribution is 5.95. The summed E-state index contributed by atoms with van der Waals surface area (Å²) in [5.41, 5.74) is 1.28. The van der Waals surface area contributed by atoms with E-state index < -0.39 is 0 Å². The zero-order valence-electron chi connectivity index (χ0n) is 11.0. The van der Waals surface area contributed by atoms with Gasteiger partial charge in [0.05, 0.1) is 0 Å². The molecule has 0 saturated heterocycles. The van der Waals surface area contributed by atoms with Crippen LogP contribution in [-0.4, -0.2) is 23.9 Å². The van der Waals surface area contributed by atoms with Crippen LogP contribution >= 0.6 is 0 Å². The maximum atomic E-state index is 13.0.